The van der Waals surface area contributed by atoms with Gasteiger partial charge in [0.25, 0.3) is 10.0 Å². The van der Waals surface area contributed by atoms with E-state index < -0.39 is 20.0 Å². The van der Waals surface area contributed by atoms with E-state index in [2.05, 4.69) is 4.72 Å². The van der Waals surface area contributed by atoms with Crippen molar-refractivity contribution in [3.05, 3.63) is 35.2 Å². The largest absolute Gasteiger partial charge is 0.492 e. The normalized spacial score (nSPS) is 15.8. The number of ether oxygens (including phenoxy) is 1. The lowest BCUT2D eigenvalue weighted by Crippen LogP contribution is -2.28. The fraction of sp³-hybridized carbons (Fsp3) is 0.412. The molecular weight excluding hydrogens is 408 g/mol. The molecule has 7 nitrogen and oxygen atoms in total. The van der Waals surface area contributed by atoms with Crippen LogP contribution in [0.15, 0.2) is 39.4 Å². The third-order valence-corrected chi connectivity index (χ3v) is 8.95. The van der Waals surface area contributed by atoms with Crippen LogP contribution in [0.4, 0.5) is 5.69 Å². The number of hydrogen-bond donors (Lipinski definition) is 1. The number of anilines is 1. The van der Waals surface area contributed by atoms with Gasteiger partial charge in [-0.2, -0.15) is 4.31 Å². The van der Waals surface area contributed by atoms with Gasteiger partial charge in [0.1, 0.15) is 14.9 Å². The Hall–Kier alpha value is -1.62. The summed E-state index contributed by atoms with van der Waals surface area (Å²) >= 11 is 1.15. The van der Waals surface area contributed by atoms with Gasteiger partial charge in [0, 0.05) is 18.0 Å². The smallest absolute Gasteiger partial charge is 0.271 e. The highest BCUT2D eigenvalue weighted by molar-refractivity contribution is 7.94. The van der Waals surface area contributed by atoms with Crippen LogP contribution in [0.5, 0.6) is 5.75 Å². The van der Waals surface area contributed by atoms with Gasteiger partial charge in [0.05, 0.1) is 12.3 Å². The topological polar surface area (TPSA) is 92.8 Å². The van der Waals surface area contributed by atoms with Gasteiger partial charge in [-0.05, 0) is 57.0 Å². The first-order valence-corrected chi connectivity index (χ1v) is 12.3. The summed E-state index contributed by atoms with van der Waals surface area (Å²) in [6, 6.07) is 7.58. The SMILES string of the molecule is CCOc1ccc(NS(=O)(=O)c2ccc(C)s2)cc1S(=O)(=O)N1CCCC1. The van der Waals surface area contributed by atoms with E-state index in [1.165, 1.54) is 28.6 Å². The van der Waals surface area contributed by atoms with Crippen LogP contribution in [-0.2, 0) is 20.0 Å². The van der Waals surface area contributed by atoms with Crippen LogP contribution >= 0.6 is 11.3 Å². The fourth-order valence-electron chi connectivity index (χ4n) is 2.88. The van der Waals surface area contributed by atoms with Crippen LogP contribution in [0.2, 0.25) is 0 Å². The van der Waals surface area contributed by atoms with Gasteiger partial charge < -0.3 is 4.74 Å². The summed E-state index contributed by atoms with van der Waals surface area (Å²) in [6.45, 7) is 4.81. The molecule has 1 saturated heterocycles. The Balaban J connectivity index is 1.98. The molecule has 1 aliphatic heterocycles. The van der Waals surface area contributed by atoms with Gasteiger partial charge >= 0.3 is 0 Å². The van der Waals surface area contributed by atoms with E-state index in [4.69, 9.17) is 4.74 Å². The lowest BCUT2D eigenvalue weighted by molar-refractivity contribution is 0.330. The lowest BCUT2D eigenvalue weighted by Gasteiger charge is -2.19. The van der Waals surface area contributed by atoms with E-state index in [9.17, 15) is 16.8 Å². The first-order valence-electron chi connectivity index (χ1n) is 8.60. The number of benzene rings is 1. The summed E-state index contributed by atoms with van der Waals surface area (Å²) < 4.78 is 60.6. The van der Waals surface area contributed by atoms with Crippen molar-refractivity contribution in [3.63, 3.8) is 0 Å². The molecule has 2 heterocycles. The van der Waals surface area contributed by atoms with Crippen molar-refractivity contribution in [2.45, 2.75) is 35.8 Å². The number of hydrogen-bond acceptors (Lipinski definition) is 6. The highest BCUT2D eigenvalue weighted by atomic mass is 32.2. The van der Waals surface area contributed by atoms with Crippen LogP contribution in [0, 0.1) is 6.92 Å². The van der Waals surface area contributed by atoms with E-state index in [1.54, 1.807) is 13.0 Å². The zero-order valence-electron chi connectivity index (χ0n) is 15.1. The molecule has 1 N–H and O–H groups in total. The molecule has 2 aromatic rings. The zero-order chi connectivity index (χ0) is 19.7. The molecule has 1 aliphatic rings. The Morgan fingerprint density at radius 1 is 1.11 bits per heavy atom. The van der Waals surface area contributed by atoms with Crippen LogP contribution in [0.3, 0.4) is 0 Å². The molecule has 0 unspecified atom stereocenters. The minimum absolute atomic E-state index is 0.0196. The van der Waals surface area contributed by atoms with Crippen molar-refractivity contribution in [3.8, 4) is 5.75 Å². The van der Waals surface area contributed by atoms with Crippen molar-refractivity contribution < 1.29 is 21.6 Å². The maximum atomic E-state index is 13.0. The van der Waals surface area contributed by atoms with Crippen LogP contribution < -0.4 is 9.46 Å². The Morgan fingerprint density at radius 2 is 1.81 bits per heavy atom. The van der Waals surface area contributed by atoms with E-state index in [-0.39, 0.29) is 20.5 Å². The standard InChI is InChI=1S/C17H22N2O5S3/c1-3-24-15-8-7-14(18-26(20,21)17-9-6-13(2)25-17)12-16(15)27(22,23)19-10-4-5-11-19/h6-9,12,18H,3-5,10-11H2,1-2H3. The first-order chi connectivity index (χ1) is 12.7. The number of sulfonamides is 2. The number of thiophene rings is 1. The number of nitrogens with zero attached hydrogens (tertiary/aromatic N) is 1. The molecule has 0 saturated carbocycles. The third-order valence-electron chi connectivity index (χ3n) is 4.16. The second-order valence-electron chi connectivity index (χ2n) is 6.18. The maximum Gasteiger partial charge on any atom is 0.271 e. The van der Waals surface area contributed by atoms with Gasteiger partial charge in [-0.15, -0.1) is 11.3 Å². The first kappa shape index (κ1) is 20.1. The maximum absolute atomic E-state index is 13.0. The fourth-order valence-corrected chi connectivity index (χ4v) is 6.88. The predicted molar refractivity (Wildman–Crippen MR) is 105 cm³/mol. The Kier molecular flexibility index (Phi) is 5.80. The second-order valence-corrected chi connectivity index (χ2v) is 11.3. The van der Waals surface area contributed by atoms with Crippen molar-refractivity contribution in [1.29, 1.82) is 0 Å². The summed E-state index contributed by atoms with van der Waals surface area (Å²) in [7, 11) is -7.53. The summed E-state index contributed by atoms with van der Waals surface area (Å²) in [5.74, 6) is 0.222. The highest BCUT2D eigenvalue weighted by Gasteiger charge is 2.30. The predicted octanol–water partition coefficient (Wildman–Crippen LogP) is 3.04. The molecule has 0 spiro atoms. The molecule has 1 aromatic heterocycles. The minimum atomic E-state index is -3.78. The van der Waals surface area contributed by atoms with Crippen LogP contribution in [0.1, 0.15) is 24.6 Å². The Morgan fingerprint density at radius 3 is 2.41 bits per heavy atom. The van der Waals surface area contributed by atoms with Crippen molar-refractivity contribution in [2.75, 3.05) is 24.4 Å². The van der Waals surface area contributed by atoms with Gasteiger partial charge in [-0.1, -0.05) is 0 Å². The van der Waals surface area contributed by atoms with E-state index in [0.29, 0.717) is 19.7 Å². The van der Waals surface area contributed by atoms with Gasteiger partial charge in [0.2, 0.25) is 10.0 Å². The number of nitrogens with one attached hydrogen (secondary N) is 1. The monoisotopic (exact) mass is 430 g/mol. The highest BCUT2D eigenvalue weighted by Crippen LogP contribution is 2.33. The van der Waals surface area contributed by atoms with E-state index in [0.717, 1.165) is 29.1 Å². The van der Waals surface area contributed by atoms with E-state index >= 15 is 0 Å². The number of aryl methyl sites for hydroxylation is 1. The van der Waals surface area contributed by atoms with Gasteiger partial charge in [-0.3, -0.25) is 4.72 Å². The Bertz CT molecular complexity index is 1020. The average Bonchev–Trinajstić information content (AvgIpc) is 3.28. The molecule has 148 valence electrons. The molecule has 3 rings (SSSR count). The molecule has 0 radical (unpaired) electrons. The minimum Gasteiger partial charge on any atom is -0.492 e. The molecule has 0 amide bonds. The second kappa shape index (κ2) is 7.78. The average molecular weight is 431 g/mol. The van der Waals surface area contributed by atoms with Crippen LogP contribution in [-0.4, -0.2) is 40.8 Å². The van der Waals surface area contributed by atoms with Gasteiger partial charge in [0.15, 0.2) is 0 Å². The molecule has 0 bridgehead atoms. The van der Waals surface area contributed by atoms with E-state index in [1.807, 2.05) is 6.92 Å². The Labute approximate surface area is 164 Å². The zero-order valence-corrected chi connectivity index (χ0v) is 17.6. The van der Waals surface area contributed by atoms with Crippen molar-refractivity contribution >= 4 is 37.1 Å². The molecule has 0 aliphatic carbocycles. The molecule has 10 heteroatoms. The molecule has 0 atom stereocenters. The summed E-state index contributed by atoms with van der Waals surface area (Å²) in [6.07, 6.45) is 1.63. The summed E-state index contributed by atoms with van der Waals surface area (Å²) in [4.78, 5) is 0.855. The van der Waals surface area contributed by atoms with Crippen molar-refractivity contribution in [1.82, 2.24) is 4.31 Å². The molecule has 27 heavy (non-hydrogen) atoms. The lowest BCUT2D eigenvalue weighted by atomic mass is 10.3. The third kappa shape index (κ3) is 4.29. The molecular formula is C17H22N2O5S3. The van der Waals surface area contributed by atoms with Gasteiger partial charge in [-0.25, -0.2) is 16.8 Å². The summed E-state index contributed by atoms with van der Waals surface area (Å²) in [5, 5.41) is 0. The number of rotatable bonds is 7. The van der Waals surface area contributed by atoms with Crippen LogP contribution in [0.25, 0.3) is 0 Å². The molecule has 1 aromatic carbocycles. The quantitative estimate of drug-likeness (QED) is 0.729. The molecule has 1 fully saturated rings. The summed E-state index contributed by atoms with van der Waals surface area (Å²) in [5.41, 5.74) is 0.183. The van der Waals surface area contributed by atoms with Crippen molar-refractivity contribution in [2.24, 2.45) is 0 Å².